The number of thiophene rings is 1. The van der Waals surface area contributed by atoms with Gasteiger partial charge in [-0.2, -0.15) is 0 Å². The quantitative estimate of drug-likeness (QED) is 0.723. The molecule has 0 unspecified atom stereocenters. The van der Waals surface area contributed by atoms with Crippen molar-refractivity contribution < 1.29 is 14.3 Å². The first-order valence-electron chi connectivity index (χ1n) is 7.59. The smallest absolute Gasteiger partial charge is 0.340 e. The van der Waals surface area contributed by atoms with Gasteiger partial charge in [-0.25, -0.2) is 4.79 Å². The molecule has 1 amide bonds. The summed E-state index contributed by atoms with van der Waals surface area (Å²) in [5.41, 5.74) is 1.30. The molecule has 0 radical (unpaired) electrons. The number of aromatic nitrogens is 1. The molecule has 2 aromatic heterocycles. The molecule has 124 valence electrons. The Labute approximate surface area is 143 Å². The lowest BCUT2D eigenvalue weighted by molar-refractivity contribution is -0.122. The van der Waals surface area contributed by atoms with Crippen LogP contribution >= 0.6 is 11.3 Å². The van der Waals surface area contributed by atoms with Gasteiger partial charge < -0.3 is 14.6 Å². The average Bonchev–Trinajstić information content (AvgIpc) is 3.23. The van der Waals surface area contributed by atoms with Crippen LogP contribution in [-0.4, -0.2) is 23.6 Å². The summed E-state index contributed by atoms with van der Waals surface area (Å²) >= 11 is 1.61. The Hall–Kier alpha value is -2.60. The van der Waals surface area contributed by atoms with Crippen LogP contribution in [0.3, 0.4) is 0 Å². The largest absolute Gasteiger partial charge is 0.465 e. The van der Waals surface area contributed by atoms with Crippen LogP contribution in [0.2, 0.25) is 0 Å². The molecule has 0 aliphatic heterocycles. The maximum atomic E-state index is 12.4. The molecule has 0 saturated heterocycles. The zero-order chi connectivity index (χ0) is 17.1. The lowest BCUT2D eigenvalue weighted by Gasteiger charge is -2.13. The van der Waals surface area contributed by atoms with E-state index in [0.29, 0.717) is 5.56 Å². The van der Waals surface area contributed by atoms with Crippen molar-refractivity contribution in [1.82, 2.24) is 9.88 Å². The number of esters is 1. The van der Waals surface area contributed by atoms with Crippen LogP contribution in [0, 0.1) is 0 Å². The third-order valence-electron chi connectivity index (χ3n) is 3.86. The second-order valence-corrected chi connectivity index (χ2v) is 6.46. The fourth-order valence-corrected chi connectivity index (χ4v) is 3.44. The molecule has 6 heteroatoms. The van der Waals surface area contributed by atoms with Gasteiger partial charge in [0.05, 0.1) is 18.7 Å². The van der Waals surface area contributed by atoms with E-state index in [1.165, 1.54) is 7.11 Å². The lowest BCUT2D eigenvalue weighted by Crippen LogP contribution is -2.29. The van der Waals surface area contributed by atoms with E-state index in [1.807, 2.05) is 48.7 Å². The van der Waals surface area contributed by atoms with Gasteiger partial charge in [-0.3, -0.25) is 4.79 Å². The minimum Gasteiger partial charge on any atom is -0.465 e. The van der Waals surface area contributed by atoms with Gasteiger partial charge in [0.2, 0.25) is 5.91 Å². The Morgan fingerprint density at radius 2 is 2.04 bits per heavy atom. The van der Waals surface area contributed by atoms with Crippen LogP contribution in [0.25, 0.3) is 10.9 Å². The number of nitrogens with one attached hydrogen (secondary N) is 1. The van der Waals surface area contributed by atoms with E-state index in [4.69, 9.17) is 4.74 Å². The first kappa shape index (κ1) is 16.3. The van der Waals surface area contributed by atoms with Crippen molar-refractivity contribution in [2.24, 2.45) is 0 Å². The highest BCUT2D eigenvalue weighted by molar-refractivity contribution is 7.10. The van der Waals surface area contributed by atoms with Gasteiger partial charge in [0, 0.05) is 22.0 Å². The van der Waals surface area contributed by atoms with Crippen LogP contribution < -0.4 is 5.32 Å². The number of nitrogens with zero attached hydrogens (tertiary/aromatic N) is 1. The van der Waals surface area contributed by atoms with E-state index >= 15 is 0 Å². The fourth-order valence-electron chi connectivity index (χ4n) is 2.70. The Morgan fingerprint density at radius 1 is 1.25 bits per heavy atom. The van der Waals surface area contributed by atoms with Crippen molar-refractivity contribution in [3.8, 4) is 0 Å². The van der Waals surface area contributed by atoms with E-state index < -0.39 is 5.97 Å². The van der Waals surface area contributed by atoms with Crippen molar-refractivity contribution in [3.05, 3.63) is 58.4 Å². The number of carbonyl (C=O) groups excluding carboxylic acids is 2. The predicted octanol–water partition coefficient (Wildman–Crippen LogP) is 3.37. The Kier molecular flexibility index (Phi) is 4.66. The number of benzene rings is 1. The Morgan fingerprint density at radius 3 is 2.75 bits per heavy atom. The summed E-state index contributed by atoms with van der Waals surface area (Å²) in [7, 11) is 1.35. The van der Waals surface area contributed by atoms with Crippen molar-refractivity contribution in [1.29, 1.82) is 0 Å². The van der Waals surface area contributed by atoms with E-state index in [0.717, 1.165) is 15.8 Å². The molecule has 2 heterocycles. The molecule has 5 nitrogen and oxygen atoms in total. The molecular weight excluding hydrogens is 324 g/mol. The summed E-state index contributed by atoms with van der Waals surface area (Å²) in [6.45, 7) is 2.10. The van der Waals surface area contributed by atoms with Gasteiger partial charge in [-0.1, -0.05) is 24.3 Å². The molecule has 0 bridgehead atoms. The van der Waals surface area contributed by atoms with Crippen molar-refractivity contribution in [2.75, 3.05) is 7.11 Å². The summed E-state index contributed by atoms with van der Waals surface area (Å²) in [6, 6.07) is 11.4. The number of ether oxygens (including phenoxy) is 1. The van der Waals surface area contributed by atoms with Crippen molar-refractivity contribution >= 4 is 34.1 Å². The van der Waals surface area contributed by atoms with Crippen LogP contribution in [0.5, 0.6) is 0 Å². The zero-order valence-corrected chi connectivity index (χ0v) is 14.3. The highest BCUT2D eigenvalue weighted by atomic mass is 32.1. The van der Waals surface area contributed by atoms with Crippen LogP contribution in [-0.2, 0) is 16.1 Å². The second kappa shape index (κ2) is 6.88. The molecule has 0 spiro atoms. The highest BCUT2D eigenvalue weighted by Crippen LogP contribution is 2.22. The summed E-state index contributed by atoms with van der Waals surface area (Å²) in [4.78, 5) is 25.4. The molecular formula is C18H18N2O3S. The second-order valence-electron chi connectivity index (χ2n) is 5.48. The fraction of sp³-hybridized carbons (Fsp3) is 0.222. The van der Waals surface area contributed by atoms with Crippen LogP contribution in [0.15, 0.2) is 48.0 Å². The van der Waals surface area contributed by atoms with Crippen molar-refractivity contribution in [2.45, 2.75) is 19.5 Å². The number of methoxy groups -OCH3 is 1. The van der Waals surface area contributed by atoms with E-state index in [2.05, 4.69) is 5.32 Å². The van der Waals surface area contributed by atoms with Gasteiger partial charge in [0.15, 0.2) is 0 Å². The number of hydrogen-bond acceptors (Lipinski definition) is 4. The van der Waals surface area contributed by atoms with Crippen molar-refractivity contribution in [3.63, 3.8) is 0 Å². The summed E-state index contributed by atoms with van der Waals surface area (Å²) in [5, 5.41) is 5.75. The molecule has 3 aromatic rings. The zero-order valence-electron chi connectivity index (χ0n) is 13.5. The molecule has 0 aliphatic carbocycles. The number of fused-ring (bicyclic) bond motifs is 1. The third kappa shape index (κ3) is 3.19. The topological polar surface area (TPSA) is 60.3 Å². The highest BCUT2D eigenvalue weighted by Gasteiger charge is 2.17. The number of para-hydroxylation sites is 1. The number of rotatable bonds is 5. The van der Waals surface area contributed by atoms with E-state index in [1.54, 1.807) is 22.1 Å². The average molecular weight is 342 g/mol. The first-order chi connectivity index (χ1) is 11.6. The predicted molar refractivity (Wildman–Crippen MR) is 94.2 cm³/mol. The molecule has 1 N–H and O–H groups in total. The summed E-state index contributed by atoms with van der Waals surface area (Å²) in [6.07, 6.45) is 1.67. The Bertz CT molecular complexity index is 868. The van der Waals surface area contributed by atoms with Gasteiger partial charge in [0.1, 0.15) is 6.54 Å². The third-order valence-corrected chi connectivity index (χ3v) is 4.91. The van der Waals surface area contributed by atoms with Gasteiger partial charge in [0.25, 0.3) is 0 Å². The van der Waals surface area contributed by atoms with Gasteiger partial charge >= 0.3 is 5.97 Å². The maximum absolute atomic E-state index is 12.4. The molecule has 3 rings (SSSR count). The monoisotopic (exact) mass is 342 g/mol. The molecule has 24 heavy (non-hydrogen) atoms. The molecule has 0 aliphatic rings. The standard InChI is InChI=1S/C18H18N2O3S/c1-12(16-8-5-9-24-16)19-17(21)11-20-10-14(18(22)23-2)13-6-3-4-7-15(13)20/h3-10,12H,11H2,1-2H3,(H,19,21)/t12-/m1/s1. The Balaban J connectivity index is 1.82. The summed E-state index contributed by atoms with van der Waals surface area (Å²) in [5.74, 6) is -0.509. The van der Waals surface area contributed by atoms with E-state index in [9.17, 15) is 9.59 Å². The van der Waals surface area contributed by atoms with Crippen LogP contribution in [0.4, 0.5) is 0 Å². The maximum Gasteiger partial charge on any atom is 0.340 e. The number of carbonyl (C=O) groups is 2. The van der Waals surface area contributed by atoms with Gasteiger partial charge in [-0.15, -0.1) is 11.3 Å². The molecule has 0 saturated carbocycles. The minimum absolute atomic E-state index is 0.0422. The molecule has 1 atom stereocenters. The van der Waals surface area contributed by atoms with Crippen LogP contribution in [0.1, 0.15) is 28.2 Å². The first-order valence-corrected chi connectivity index (χ1v) is 8.47. The SMILES string of the molecule is COC(=O)c1cn(CC(=O)N[C@H](C)c2cccs2)c2ccccc12. The lowest BCUT2D eigenvalue weighted by atomic mass is 10.2. The van der Waals surface area contributed by atoms with E-state index in [-0.39, 0.29) is 18.5 Å². The summed E-state index contributed by atoms with van der Waals surface area (Å²) < 4.78 is 6.60. The normalized spacial score (nSPS) is 12.1. The number of amides is 1. The van der Waals surface area contributed by atoms with Gasteiger partial charge in [-0.05, 0) is 24.4 Å². The molecule has 0 fully saturated rings. The number of hydrogen-bond donors (Lipinski definition) is 1. The molecule has 1 aromatic carbocycles. The minimum atomic E-state index is -0.405.